The summed E-state index contributed by atoms with van der Waals surface area (Å²) < 4.78 is 10.3. The average Bonchev–Trinajstić information content (AvgIpc) is 2.85. The minimum Gasteiger partial charge on any atom is -0.457 e. The maximum Gasteiger partial charge on any atom is 0.310 e. The van der Waals surface area contributed by atoms with Crippen molar-refractivity contribution in [3.8, 4) is 0 Å². The van der Waals surface area contributed by atoms with Crippen LogP contribution in [-0.4, -0.2) is 21.1 Å². The molecule has 0 saturated carbocycles. The van der Waals surface area contributed by atoms with Gasteiger partial charge < -0.3 is 15.0 Å². The number of nitrogens with zero attached hydrogens (tertiary/aromatic N) is 3. The van der Waals surface area contributed by atoms with Crippen molar-refractivity contribution in [1.29, 1.82) is 0 Å². The first-order valence-electron chi connectivity index (χ1n) is 7.13. The standard InChI is InChI=1S/C16H16N4O3/c1-9-12(10(2)23-20-9)7-15(21)22-8-14-18-13-6-4-3-5-11(13)16(17)19-14/h3-6H,7-8H2,1-2H3,(H2,17,18,19). The smallest absolute Gasteiger partial charge is 0.310 e. The number of carbonyl (C=O) groups excluding carboxylic acids is 1. The number of aryl methyl sites for hydroxylation is 2. The molecular formula is C16H16N4O3. The van der Waals surface area contributed by atoms with E-state index in [2.05, 4.69) is 15.1 Å². The molecule has 0 aliphatic rings. The highest BCUT2D eigenvalue weighted by Crippen LogP contribution is 2.18. The number of para-hydroxylation sites is 1. The maximum absolute atomic E-state index is 12.0. The predicted molar refractivity (Wildman–Crippen MR) is 83.4 cm³/mol. The van der Waals surface area contributed by atoms with Crippen LogP contribution in [0.5, 0.6) is 0 Å². The Morgan fingerprint density at radius 3 is 2.78 bits per heavy atom. The van der Waals surface area contributed by atoms with Crippen molar-refractivity contribution in [2.24, 2.45) is 0 Å². The third kappa shape index (κ3) is 3.13. The molecule has 7 heteroatoms. The van der Waals surface area contributed by atoms with Crippen molar-refractivity contribution >= 4 is 22.7 Å². The van der Waals surface area contributed by atoms with Gasteiger partial charge in [0.25, 0.3) is 0 Å². The summed E-state index contributed by atoms with van der Waals surface area (Å²) in [6, 6.07) is 7.41. The first-order valence-corrected chi connectivity index (χ1v) is 7.13. The Hall–Kier alpha value is -2.96. The van der Waals surface area contributed by atoms with Gasteiger partial charge in [-0.15, -0.1) is 0 Å². The molecule has 0 bridgehead atoms. The molecule has 23 heavy (non-hydrogen) atoms. The molecule has 0 amide bonds. The van der Waals surface area contributed by atoms with E-state index in [0.29, 0.717) is 23.1 Å². The number of carbonyl (C=O) groups is 1. The normalized spacial score (nSPS) is 10.9. The van der Waals surface area contributed by atoms with E-state index in [0.717, 1.165) is 16.5 Å². The molecule has 3 aromatic rings. The summed E-state index contributed by atoms with van der Waals surface area (Å²) in [5.74, 6) is 0.959. The SMILES string of the molecule is Cc1noc(C)c1CC(=O)OCc1nc(N)c2ccccc2n1. The highest BCUT2D eigenvalue weighted by molar-refractivity contribution is 5.87. The van der Waals surface area contributed by atoms with Gasteiger partial charge in [0.1, 0.15) is 11.6 Å². The fourth-order valence-corrected chi connectivity index (χ4v) is 2.31. The third-order valence-corrected chi connectivity index (χ3v) is 3.54. The molecular weight excluding hydrogens is 296 g/mol. The van der Waals surface area contributed by atoms with Crippen LogP contribution in [0.3, 0.4) is 0 Å². The van der Waals surface area contributed by atoms with Gasteiger partial charge in [-0.05, 0) is 26.0 Å². The fraction of sp³-hybridized carbons (Fsp3) is 0.250. The van der Waals surface area contributed by atoms with Crippen LogP contribution < -0.4 is 5.73 Å². The molecule has 2 N–H and O–H groups in total. The number of hydrogen-bond donors (Lipinski definition) is 1. The summed E-state index contributed by atoms with van der Waals surface area (Å²) in [7, 11) is 0. The van der Waals surface area contributed by atoms with Crippen LogP contribution in [0.4, 0.5) is 5.82 Å². The molecule has 0 fully saturated rings. The number of rotatable bonds is 4. The molecule has 0 spiro atoms. The highest BCUT2D eigenvalue weighted by Gasteiger charge is 2.15. The third-order valence-electron chi connectivity index (χ3n) is 3.54. The Balaban J connectivity index is 1.70. The molecule has 118 valence electrons. The number of anilines is 1. The van der Waals surface area contributed by atoms with Crippen molar-refractivity contribution in [2.45, 2.75) is 26.9 Å². The fourth-order valence-electron chi connectivity index (χ4n) is 2.31. The zero-order valence-electron chi connectivity index (χ0n) is 12.9. The van der Waals surface area contributed by atoms with Crippen LogP contribution in [0.25, 0.3) is 10.9 Å². The molecule has 0 unspecified atom stereocenters. The van der Waals surface area contributed by atoms with Gasteiger partial charge in [0, 0.05) is 10.9 Å². The molecule has 7 nitrogen and oxygen atoms in total. The monoisotopic (exact) mass is 312 g/mol. The Bertz CT molecular complexity index is 853. The molecule has 0 radical (unpaired) electrons. The van der Waals surface area contributed by atoms with Gasteiger partial charge in [0.2, 0.25) is 0 Å². The molecule has 2 heterocycles. The van der Waals surface area contributed by atoms with Gasteiger partial charge >= 0.3 is 5.97 Å². The Kier molecular flexibility index (Phi) is 3.92. The number of nitrogens with two attached hydrogens (primary N) is 1. The molecule has 0 aliphatic carbocycles. The maximum atomic E-state index is 12.0. The van der Waals surface area contributed by atoms with Gasteiger partial charge in [-0.25, -0.2) is 9.97 Å². The number of aromatic nitrogens is 3. The van der Waals surface area contributed by atoms with E-state index in [9.17, 15) is 4.79 Å². The molecule has 0 aliphatic heterocycles. The molecule has 1 aromatic carbocycles. The van der Waals surface area contributed by atoms with E-state index in [4.69, 9.17) is 15.0 Å². The van der Waals surface area contributed by atoms with Crippen molar-refractivity contribution in [3.05, 3.63) is 47.1 Å². The van der Waals surface area contributed by atoms with E-state index in [1.165, 1.54) is 0 Å². The van der Waals surface area contributed by atoms with E-state index >= 15 is 0 Å². The van der Waals surface area contributed by atoms with Crippen LogP contribution in [0.1, 0.15) is 22.8 Å². The van der Waals surface area contributed by atoms with Gasteiger partial charge in [0.05, 0.1) is 17.6 Å². The minimum absolute atomic E-state index is 0.0305. The number of hydrogen-bond acceptors (Lipinski definition) is 7. The van der Waals surface area contributed by atoms with Gasteiger partial charge in [-0.1, -0.05) is 17.3 Å². The van der Waals surface area contributed by atoms with Crippen molar-refractivity contribution in [1.82, 2.24) is 15.1 Å². The Morgan fingerprint density at radius 2 is 2.04 bits per heavy atom. The highest BCUT2D eigenvalue weighted by atomic mass is 16.5. The summed E-state index contributed by atoms with van der Waals surface area (Å²) in [4.78, 5) is 20.5. The summed E-state index contributed by atoms with van der Waals surface area (Å²) in [6.07, 6.45) is 0.101. The predicted octanol–water partition coefficient (Wildman–Crippen LogP) is 2.10. The van der Waals surface area contributed by atoms with Crippen molar-refractivity contribution < 1.29 is 14.1 Å². The Labute approximate surface area is 132 Å². The second-order valence-electron chi connectivity index (χ2n) is 5.18. The number of benzene rings is 1. The first-order chi connectivity index (χ1) is 11.0. The summed E-state index contributed by atoms with van der Waals surface area (Å²) >= 11 is 0. The largest absolute Gasteiger partial charge is 0.457 e. The lowest BCUT2D eigenvalue weighted by molar-refractivity contribution is -0.144. The van der Waals surface area contributed by atoms with Crippen molar-refractivity contribution in [2.75, 3.05) is 5.73 Å². The van der Waals surface area contributed by atoms with Crippen LogP contribution >= 0.6 is 0 Å². The molecule has 2 aromatic heterocycles. The lowest BCUT2D eigenvalue weighted by Crippen LogP contribution is -2.11. The van der Waals surface area contributed by atoms with Gasteiger partial charge in [-0.3, -0.25) is 4.79 Å². The van der Waals surface area contributed by atoms with Crippen LogP contribution in [0.2, 0.25) is 0 Å². The second-order valence-corrected chi connectivity index (χ2v) is 5.18. The number of nitrogen functional groups attached to an aromatic ring is 1. The van der Waals surface area contributed by atoms with E-state index in [-0.39, 0.29) is 13.0 Å². The zero-order valence-corrected chi connectivity index (χ0v) is 12.9. The topological polar surface area (TPSA) is 104 Å². The lowest BCUT2D eigenvalue weighted by Gasteiger charge is -2.06. The zero-order chi connectivity index (χ0) is 16.4. The quantitative estimate of drug-likeness (QED) is 0.735. The van der Waals surface area contributed by atoms with Crippen LogP contribution in [0, 0.1) is 13.8 Å². The molecule has 0 saturated heterocycles. The molecule has 0 atom stereocenters. The first kappa shape index (κ1) is 15.0. The van der Waals surface area contributed by atoms with Crippen LogP contribution in [-0.2, 0) is 22.6 Å². The van der Waals surface area contributed by atoms with Crippen molar-refractivity contribution in [3.63, 3.8) is 0 Å². The van der Waals surface area contributed by atoms with E-state index in [1.807, 2.05) is 24.3 Å². The Morgan fingerprint density at radius 1 is 1.26 bits per heavy atom. The summed E-state index contributed by atoms with van der Waals surface area (Å²) in [5.41, 5.74) is 8.05. The molecule has 3 rings (SSSR count). The minimum atomic E-state index is -0.394. The van der Waals surface area contributed by atoms with E-state index in [1.54, 1.807) is 13.8 Å². The average molecular weight is 312 g/mol. The number of fused-ring (bicyclic) bond motifs is 1. The van der Waals surface area contributed by atoms with Crippen LogP contribution in [0.15, 0.2) is 28.8 Å². The van der Waals surface area contributed by atoms with E-state index < -0.39 is 5.97 Å². The number of ether oxygens (including phenoxy) is 1. The van der Waals surface area contributed by atoms with Gasteiger partial charge in [-0.2, -0.15) is 0 Å². The summed E-state index contributed by atoms with van der Waals surface area (Å²) in [6.45, 7) is 3.51. The second kappa shape index (κ2) is 6.04. The summed E-state index contributed by atoms with van der Waals surface area (Å²) in [5, 5.41) is 4.59. The lowest BCUT2D eigenvalue weighted by atomic mass is 10.1. The number of esters is 1. The van der Waals surface area contributed by atoms with Gasteiger partial charge in [0.15, 0.2) is 12.4 Å².